The van der Waals surface area contributed by atoms with E-state index in [0.717, 1.165) is 37.4 Å². The molecule has 0 spiro atoms. The molecule has 1 atom stereocenters. The molecule has 3 aromatic rings. The second-order valence-corrected chi connectivity index (χ2v) is 6.46. The minimum atomic E-state index is -0.385. The summed E-state index contributed by atoms with van der Waals surface area (Å²) in [6.45, 7) is 3.46. The number of H-pyrrole nitrogens is 1. The predicted molar refractivity (Wildman–Crippen MR) is 95.9 cm³/mol. The Labute approximate surface area is 144 Å². The van der Waals surface area contributed by atoms with E-state index in [9.17, 15) is 10.1 Å². The van der Waals surface area contributed by atoms with E-state index in [-0.39, 0.29) is 10.6 Å². The molecule has 1 aliphatic heterocycles. The lowest BCUT2D eigenvalue weighted by atomic mass is 9.90. The summed E-state index contributed by atoms with van der Waals surface area (Å²) in [5, 5.41) is 12.2. The van der Waals surface area contributed by atoms with E-state index in [1.54, 1.807) is 25.3 Å². The molecule has 0 aliphatic carbocycles. The Kier molecular flexibility index (Phi) is 3.83. The standard InChI is InChI=1S/C18H19N5O2/c1-12-16(23(24)25)6-7-17(21-12)22-9-3-4-13(11-22)15-10-20-18-14(15)5-2-8-19-18/h2,5-8,10,13H,3-4,9,11H2,1H3,(H,19,20)/t13-/m1/s1. The Hall–Kier alpha value is -2.96. The molecule has 7 nitrogen and oxygen atoms in total. The first-order chi connectivity index (χ1) is 12.1. The summed E-state index contributed by atoms with van der Waals surface area (Å²) in [4.78, 5) is 24.9. The van der Waals surface area contributed by atoms with Crippen LogP contribution >= 0.6 is 0 Å². The van der Waals surface area contributed by atoms with Gasteiger partial charge in [-0.2, -0.15) is 0 Å². The van der Waals surface area contributed by atoms with Crippen molar-refractivity contribution in [1.82, 2.24) is 15.0 Å². The third-order valence-electron chi connectivity index (χ3n) is 4.91. The zero-order chi connectivity index (χ0) is 17.4. The molecule has 1 fully saturated rings. The Morgan fingerprint density at radius 3 is 3.04 bits per heavy atom. The first kappa shape index (κ1) is 15.6. The fourth-order valence-corrected chi connectivity index (χ4v) is 3.66. The molecule has 0 saturated carbocycles. The van der Waals surface area contributed by atoms with Gasteiger partial charge in [-0.05, 0) is 43.5 Å². The molecule has 0 radical (unpaired) electrons. The number of hydrogen-bond donors (Lipinski definition) is 1. The van der Waals surface area contributed by atoms with Crippen LogP contribution in [0, 0.1) is 17.0 Å². The van der Waals surface area contributed by atoms with E-state index < -0.39 is 0 Å². The van der Waals surface area contributed by atoms with E-state index in [0.29, 0.717) is 11.6 Å². The number of pyridine rings is 2. The molecule has 1 aliphatic rings. The topological polar surface area (TPSA) is 88.0 Å². The quantitative estimate of drug-likeness (QED) is 0.583. The molecule has 3 aromatic heterocycles. The summed E-state index contributed by atoms with van der Waals surface area (Å²) in [6.07, 6.45) is 6.03. The number of nitro groups is 1. The minimum absolute atomic E-state index is 0.0695. The Bertz CT molecular complexity index is 936. The lowest BCUT2D eigenvalue weighted by Crippen LogP contribution is -2.35. The van der Waals surface area contributed by atoms with Crippen LogP contribution in [0.3, 0.4) is 0 Å². The molecular formula is C18H19N5O2. The fourth-order valence-electron chi connectivity index (χ4n) is 3.66. The van der Waals surface area contributed by atoms with E-state index in [4.69, 9.17) is 0 Å². The number of nitrogens with one attached hydrogen (secondary N) is 1. The van der Waals surface area contributed by atoms with Gasteiger partial charge in [-0.15, -0.1) is 0 Å². The lowest BCUT2D eigenvalue weighted by Gasteiger charge is -2.33. The van der Waals surface area contributed by atoms with Gasteiger partial charge in [0.2, 0.25) is 0 Å². The molecule has 4 heterocycles. The number of aromatic nitrogens is 3. The largest absolute Gasteiger partial charge is 0.356 e. The van der Waals surface area contributed by atoms with Gasteiger partial charge in [-0.1, -0.05) is 0 Å². The van der Waals surface area contributed by atoms with Gasteiger partial charge in [0.25, 0.3) is 5.69 Å². The Balaban J connectivity index is 1.61. The van der Waals surface area contributed by atoms with Gasteiger partial charge in [-0.25, -0.2) is 9.97 Å². The van der Waals surface area contributed by atoms with E-state index in [1.807, 2.05) is 6.07 Å². The molecule has 0 bridgehead atoms. The van der Waals surface area contributed by atoms with Crippen molar-refractivity contribution >= 4 is 22.5 Å². The maximum Gasteiger partial charge on any atom is 0.290 e. The van der Waals surface area contributed by atoms with Crippen LogP contribution in [-0.4, -0.2) is 33.0 Å². The average molecular weight is 337 g/mol. The lowest BCUT2D eigenvalue weighted by molar-refractivity contribution is -0.385. The highest BCUT2D eigenvalue weighted by Crippen LogP contribution is 2.33. The number of aromatic amines is 1. The third-order valence-corrected chi connectivity index (χ3v) is 4.91. The van der Waals surface area contributed by atoms with Gasteiger partial charge in [0.15, 0.2) is 0 Å². The monoisotopic (exact) mass is 337 g/mol. The number of piperidine rings is 1. The zero-order valence-corrected chi connectivity index (χ0v) is 14.0. The van der Waals surface area contributed by atoms with Crippen LogP contribution in [-0.2, 0) is 0 Å². The van der Waals surface area contributed by atoms with Crippen molar-refractivity contribution in [1.29, 1.82) is 0 Å². The van der Waals surface area contributed by atoms with Crippen LogP contribution in [0.2, 0.25) is 0 Å². The number of hydrogen-bond acceptors (Lipinski definition) is 5. The van der Waals surface area contributed by atoms with E-state index in [2.05, 4.69) is 32.1 Å². The summed E-state index contributed by atoms with van der Waals surface area (Å²) < 4.78 is 0. The Morgan fingerprint density at radius 2 is 2.24 bits per heavy atom. The SMILES string of the molecule is Cc1nc(N2CCC[C@@H](c3c[nH]c4ncccc34)C2)ccc1[N+](=O)[O-]. The van der Waals surface area contributed by atoms with Crippen molar-refractivity contribution in [3.05, 3.63) is 58.0 Å². The number of rotatable bonds is 3. The maximum absolute atomic E-state index is 11.0. The maximum atomic E-state index is 11.0. The molecule has 1 saturated heterocycles. The zero-order valence-electron chi connectivity index (χ0n) is 14.0. The number of nitrogens with zero attached hydrogens (tertiary/aromatic N) is 4. The van der Waals surface area contributed by atoms with Crippen molar-refractivity contribution in [3.63, 3.8) is 0 Å². The fraction of sp³-hybridized carbons (Fsp3) is 0.333. The van der Waals surface area contributed by atoms with Gasteiger partial charge in [-0.3, -0.25) is 10.1 Å². The normalized spacial score (nSPS) is 17.8. The second-order valence-electron chi connectivity index (χ2n) is 6.46. The summed E-state index contributed by atoms with van der Waals surface area (Å²) in [5.74, 6) is 1.20. The van der Waals surface area contributed by atoms with Crippen molar-refractivity contribution in [2.45, 2.75) is 25.7 Å². The summed E-state index contributed by atoms with van der Waals surface area (Å²) in [5.41, 5.74) is 2.73. The summed E-state index contributed by atoms with van der Waals surface area (Å²) in [7, 11) is 0. The van der Waals surface area contributed by atoms with Crippen molar-refractivity contribution in [3.8, 4) is 0 Å². The van der Waals surface area contributed by atoms with Crippen LogP contribution in [0.25, 0.3) is 11.0 Å². The molecule has 0 aromatic carbocycles. The van der Waals surface area contributed by atoms with Crippen LogP contribution in [0.15, 0.2) is 36.7 Å². The van der Waals surface area contributed by atoms with Crippen molar-refractivity contribution in [2.75, 3.05) is 18.0 Å². The van der Waals surface area contributed by atoms with Crippen LogP contribution in [0.4, 0.5) is 11.5 Å². The molecule has 128 valence electrons. The first-order valence-electron chi connectivity index (χ1n) is 8.42. The van der Waals surface area contributed by atoms with Crippen molar-refractivity contribution in [2.24, 2.45) is 0 Å². The molecular weight excluding hydrogens is 318 g/mol. The van der Waals surface area contributed by atoms with Crippen LogP contribution in [0.5, 0.6) is 0 Å². The Morgan fingerprint density at radius 1 is 1.36 bits per heavy atom. The van der Waals surface area contributed by atoms with Crippen LogP contribution in [0.1, 0.15) is 30.0 Å². The highest BCUT2D eigenvalue weighted by Gasteiger charge is 2.25. The predicted octanol–water partition coefficient (Wildman–Crippen LogP) is 3.56. The molecule has 0 unspecified atom stereocenters. The van der Waals surface area contributed by atoms with Crippen LogP contribution < -0.4 is 4.90 Å². The van der Waals surface area contributed by atoms with Gasteiger partial charge in [0, 0.05) is 42.9 Å². The molecule has 0 amide bonds. The number of aryl methyl sites for hydroxylation is 1. The van der Waals surface area contributed by atoms with Gasteiger partial charge in [0.1, 0.15) is 17.2 Å². The molecule has 25 heavy (non-hydrogen) atoms. The van der Waals surface area contributed by atoms with E-state index in [1.165, 1.54) is 10.9 Å². The van der Waals surface area contributed by atoms with Gasteiger partial charge in [0.05, 0.1) is 4.92 Å². The molecule has 1 N–H and O–H groups in total. The second kappa shape index (κ2) is 6.16. The first-order valence-corrected chi connectivity index (χ1v) is 8.42. The van der Waals surface area contributed by atoms with Crippen molar-refractivity contribution < 1.29 is 4.92 Å². The van der Waals surface area contributed by atoms with Gasteiger partial charge >= 0.3 is 0 Å². The number of anilines is 1. The number of fused-ring (bicyclic) bond motifs is 1. The van der Waals surface area contributed by atoms with Gasteiger partial charge < -0.3 is 9.88 Å². The summed E-state index contributed by atoms with van der Waals surface area (Å²) >= 11 is 0. The average Bonchev–Trinajstić information content (AvgIpc) is 3.05. The smallest absolute Gasteiger partial charge is 0.290 e. The highest BCUT2D eigenvalue weighted by atomic mass is 16.6. The molecule has 7 heteroatoms. The molecule has 4 rings (SSSR count). The highest BCUT2D eigenvalue weighted by molar-refractivity contribution is 5.80. The van der Waals surface area contributed by atoms with E-state index >= 15 is 0 Å². The minimum Gasteiger partial charge on any atom is -0.356 e. The third kappa shape index (κ3) is 2.82. The summed E-state index contributed by atoms with van der Waals surface area (Å²) in [6, 6.07) is 7.37.